The third-order valence-electron chi connectivity index (χ3n) is 5.36. The Morgan fingerprint density at radius 1 is 0.933 bits per heavy atom. The summed E-state index contributed by atoms with van der Waals surface area (Å²) in [5, 5.41) is 0.671. The van der Waals surface area contributed by atoms with Crippen LogP contribution in [0.4, 0.5) is 11.8 Å². The minimum absolute atomic E-state index is 0.333. The van der Waals surface area contributed by atoms with E-state index < -0.39 is 10.2 Å². The maximum atomic E-state index is 12.8. The van der Waals surface area contributed by atoms with E-state index in [0.29, 0.717) is 86.7 Å². The highest BCUT2D eigenvalue weighted by atomic mass is 32.2. The van der Waals surface area contributed by atoms with Gasteiger partial charge in [-0.25, -0.2) is 4.98 Å². The van der Waals surface area contributed by atoms with Gasteiger partial charge in [-0.1, -0.05) is 0 Å². The summed E-state index contributed by atoms with van der Waals surface area (Å²) in [6.45, 7) is 3.29. The number of hydrogen-bond donors (Lipinski definition) is 1. The zero-order valence-corrected chi connectivity index (χ0v) is 17.9. The Morgan fingerprint density at radius 2 is 1.53 bits per heavy atom. The number of fused-ring (bicyclic) bond motifs is 1. The molecule has 4 rings (SSSR count). The summed E-state index contributed by atoms with van der Waals surface area (Å²) in [7, 11) is -0.372. The molecule has 0 saturated carbocycles. The van der Waals surface area contributed by atoms with Crippen molar-refractivity contribution in [2.24, 2.45) is 0 Å². The van der Waals surface area contributed by atoms with Crippen molar-refractivity contribution >= 4 is 32.9 Å². The van der Waals surface area contributed by atoms with Crippen molar-refractivity contribution in [1.29, 1.82) is 0 Å². The normalized spacial score (nSPS) is 19.2. The smallest absolute Gasteiger partial charge is 0.282 e. The van der Waals surface area contributed by atoms with Crippen LogP contribution < -0.4 is 20.1 Å². The summed E-state index contributed by atoms with van der Waals surface area (Å²) < 4.78 is 44.6. The van der Waals surface area contributed by atoms with Crippen molar-refractivity contribution in [2.75, 3.05) is 77.3 Å². The van der Waals surface area contributed by atoms with E-state index in [1.165, 1.54) is 8.61 Å². The maximum Gasteiger partial charge on any atom is 0.282 e. The minimum atomic E-state index is -3.49. The lowest BCUT2D eigenvalue weighted by molar-refractivity contribution is 0.0700. The number of methoxy groups -OCH3 is 2. The molecular weight excluding hydrogens is 412 g/mol. The molecule has 0 radical (unpaired) electrons. The lowest BCUT2D eigenvalue weighted by Crippen LogP contribution is -2.55. The highest BCUT2D eigenvalue weighted by Crippen LogP contribution is 2.34. The molecule has 0 unspecified atom stereocenters. The molecule has 2 saturated heterocycles. The average molecular weight is 439 g/mol. The average Bonchev–Trinajstić information content (AvgIpc) is 2.78. The molecule has 12 heteroatoms. The minimum Gasteiger partial charge on any atom is -0.493 e. The van der Waals surface area contributed by atoms with Crippen LogP contribution in [0.2, 0.25) is 0 Å². The van der Waals surface area contributed by atoms with E-state index in [-0.39, 0.29) is 0 Å². The van der Waals surface area contributed by atoms with Crippen LogP contribution >= 0.6 is 0 Å². The van der Waals surface area contributed by atoms with Gasteiger partial charge in [0, 0.05) is 50.7 Å². The van der Waals surface area contributed by atoms with E-state index in [2.05, 4.69) is 9.97 Å². The van der Waals surface area contributed by atoms with Crippen LogP contribution in [0.3, 0.4) is 0 Å². The van der Waals surface area contributed by atoms with Crippen LogP contribution in [0.25, 0.3) is 10.9 Å². The number of hydrogen-bond acceptors (Lipinski definition) is 9. The lowest BCUT2D eigenvalue weighted by Gasteiger charge is -2.37. The Balaban J connectivity index is 1.53. The quantitative estimate of drug-likeness (QED) is 0.683. The van der Waals surface area contributed by atoms with Gasteiger partial charge in [-0.2, -0.15) is 22.0 Å². The largest absolute Gasteiger partial charge is 0.493 e. The number of piperazine rings is 1. The van der Waals surface area contributed by atoms with E-state index >= 15 is 0 Å². The van der Waals surface area contributed by atoms with E-state index in [4.69, 9.17) is 19.9 Å². The molecule has 0 amide bonds. The first-order valence-corrected chi connectivity index (χ1v) is 11.1. The predicted molar refractivity (Wildman–Crippen MR) is 112 cm³/mol. The third-order valence-corrected chi connectivity index (χ3v) is 7.40. The molecule has 0 aliphatic carbocycles. The SMILES string of the molecule is COc1cc2nc(N3CCN(S(=O)(=O)N4CCOCC4)CC3)nc(N)c2cc1OC. The van der Waals surface area contributed by atoms with E-state index in [1.807, 2.05) is 4.90 Å². The highest BCUT2D eigenvalue weighted by Gasteiger charge is 2.33. The Hall–Kier alpha value is -2.41. The van der Waals surface area contributed by atoms with Crippen LogP contribution in [0, 0.1) is 0 Å². The van der Waals surface area contributed by atoms with Crippen molar-refractivity contribution in [3.05, 3.63) is 12.1 Å². The molecule has 2 aromatic rings. The van der Waals surface area contributed by atoms with Gasteiger partial charge in [-0.3, -0.25) is 0 Å². The van der Waals surface area contributed by atoms with Crippen molar-refractivity contribution in [3.8, 4) is 11.5 Å². The van der Waals surface area contributed by atoms with E-state index in [9.17, 15) is 8.42 Å². The van der Waals surface area contributed by atoms with Crippen LogP contribution in [0.15, 0.2) is 12.1 Å². The van der Waals surface area contributed by atoms with Crippen molar-refractivity contribution in [2.45, 2.75) is 0 Å². The predicted octanol–water partition coefficient (Wildman–Crippen LogP) is -0.0718. The first kappa shape index (κ1) is 20.8. The highest BCUT2D eigenvalue weighted by molar-refractivity contribution is 7.86. The lowest BCUT2D eigenvalue weighted by atomic mass is 10.2. The van der Waals surface area contributed by atoms with E-state index in [1.54, 1.807) is 26.4 Å². The van der Waals surface area contributed by atoms with E-state index in [0.717, 1.165) is 0 Å². The number of nitrogen functional groups attached to an aromatic ring is 1. The Kier molecular flexibility index (Phi) is 5.82. The third kappa shape index (κ3) is 3.83. The molecular formula is C18H26N6O5S. The molecule has 164 valence electrons. The molecule has 30 heavy (non-hydrogen) atoms. The monoisotopic (exact) mass is 438 g/mol. The fraction of sp³-hybridized carbons (Fsp3) is 0.556. The number of morpholine rings is 1. The van der Waals surface area contributed by atoms with Gasteiger partial charge in [0.1, 0.15) is 5.82 Å². The Labute approximate surface area is 175 Å². The topological polar surface area (TPSA) is 123 Å². The molecule has 2 fully saturated rings. The van der Waals surface area contributed by atoms with Gasteiger partial charge in [0.15, 0.2) is 11.5 Å². The summed E-state index contributed by atoms with van der Waals surface area (Å²) >= 11 is 0. The van der Waals surface area contributed by atoms with Crippen LogP contribution in [-0.4, -0.2) is 93.7 Å². The fourth-order valence-electron chi connectivity index (χ4n) is 3.67. The van der Waals surface area contributed by atoms with Crippen molar-refractivity contribution in [3.63, 3.8) is 0 Å². The zero-order valence-electron chi connectivity index (χ0n) is 17.1. The van der Waals surface area contributed by atoms with Gasteiger partial charge < -0.3 is 24.8 Å². The van der Waals surface area contributed by atoms with Gasteiger partial charge >= 0.3 is 0 Å². The standard InChI is InChI=1S/C18H26N6O5S/c1-27-15-11-13-14(12-16(15)28-2)20-18(21-17(13)19)22-3-5-23(6-4-22)30(25,26)24-7-9-29-10-8-24/h11-12H,3-10H2,1-2H3,(H2,19,20,21). The van der Waals surface area contributed by atoms with Gasteiger partial charge in [0.05, 0.1) is 33.0 Å². The molecule has 11 nitrogen and oxygen atoms in total. The summed E-state index contributed by atoms with van der Waals surface area (Å²) in [6, 6.07) is 3.51. The maximum absolute atomic E-state index is 12.8. The second-order valence-corrected chi connectivity index (χ2v) is 8.97. The molecule has 2 N–H and O–H groups in total. The zero-order chi connectivity index (χ0) is 21.3. The number of aromatic nitrogens is 2. The molecule has 2 aliphatic rings. The second-order valence-electron chi connectivity index (χ2n) is 7.04. The van der Waals surface area contributed by atoms with Crippen molar-refractivity contribution in [1.82, 2.24) is 18.6 Å². The fourth-order valence-corrected chi connectivity index (χ4v) is 5.23. The summed E-state index contributed by atoms with van der Waals surface area (Å²) in [4.78, 5) is 11.0. The molecule has 1 aromatic carbocycles. The van der Waals surface area contributed by atoms with Crippen molar-refractivity contribution < 1.29 is 22.6 Å². The number of ether oxygens (including phenoxy) is 3. The Morgan fingerprint density at radius 3 is 2.17 bits per heavy atom. The van der Waals surface area contributed by atoms with Gasteiger partial charge in [-0.15, -0.1) is 0 Å². The number of nitrogens with zero attached hydrogens (tertiary/aromatic N) is 5. The molecule has 0 atom stereocenters. The van der Waals surface area contributed by atoms with Crippen LogP contribution in [0.5, 0.6) is 11.5 Å². The molecule has 0 bridgehead atoms. The number of rotatable bonds is 5. The number of nitrogens with two attached hydrogens (primary N) is 1. The van der Waals surface area contributed by atoms with Gasteiger partial charge in [-0.05, 0) is 6.07 Å². The molecule has 3 heterocycles. The molecule has 1 aromatic heterocycles. The molecule has 0 spiro atoms. The van der Waals surface area contributed by atoms with Crippen LogP contribution in [0.1, 0.15) is 0 Å². The first-order chi connectivity index (χ1) is 14.4. The molecule has 2 aliphatic heterocycles. The Bertz CT molecular complexity index is 1020. The summed E-state index contributed by atoms with van der Waals surface area (Å²) in [5.41, 5.74) is 6.81. The second kappa shape index (κ2) is 8.38. The summed E-state index contributed by atoms with van der Waals surface area (Å²) in [5.74, 6) is 1.90. The number of benzene rings is 1. The first-order valence-electron chi connectivity index (χ1n) is 9.71. The number of anilines is 2. The van der Waals surface area contributed by atoms with Crippen LogP contribution in [-0.2, 0) is 14.9 Å². The summed E-state index contributed by atoms with van der Waals surface area (Å²) in [6.07, 6.45) is 0. The van der Waals surface area contributed by atoms with Gasteiger partial charge in [0.2, 0.25) is 5.95 Å². The van der Waals surface area contributed by atoms with Gasteiger partial charge in [0.25, 0.3) is 10.2 Å².